The molecule has 1 aromatic carbocycles. The third kappa shape index (κ3) is 2.93. The van der Waals surface area contributed by atoms with Crippen LogP contribution in [0.25, 0.3) is 0 Å². The van der Waals surface area contributed by atoms with E-state index in [0.717, 1.165) is 0 Å². The van der Waals surface area contributed by atoms with Crippen molar-refractivity contribution in [3.8, 4) is 5.75 Å². The van der Waals surface area contributed by atoms with Gasteiger partial charge in [-0.1, -0.05) is 6.07 Å². The van der Waals surface area contributed by atoms with Crippen LogP contribution in [0.5, 0.6) is 5.75 Å². The molecule has 1 heterocycles. The molecule has 0 saturated carbocycles. The zero-order valence-electron chi connectivity index (χ0n) is 11.4. The van der Waals surface area contributed by atoms with Gasteiger partial charge in [-0.2, -0.15) is 0 Å². The monoisotopic (exact) mass is 278 g/mol. The summed E-state index contributed by atoms with van der Waals surface area (Å²) < 4.78 is 33.1. The number of pyridine rings is 1. The summed E-state index contributed by atoms with van der Waals surface area (Å²) in [4.78, 5) is 4.05. The van der Waals surface area contributed by atoms with Crippen molar-refractivity contribution in [2.24, 2.45) is 0 Å². The van der Waals surface area contributed by atoms with E-state index in [9.17, 15) is 8.78 Å². The van der Waals surface area contributed by atoms with E-state index >= 15 is 0 Å². The minimum absolute atomic E-state index is 0.0227. The molecule has 0 aliphatic rings. The summed E-state index contributed by atoms with van der Waals surface area (Å²) in [5.41, 5.74) is 0.618. The number of hydrogen-bond acceptors (Lipinski definition) is 3. The maximum Gasteiger partial charge on any atom is 0.137 e. The van der Waals surface area contributed by atoms with Crippen molar-refractivity contribution >= 4 is 0 Å². The lowest BCUT2D eigenvalue weighted by molar-refractivity contribution is 0.338. The van der Waals surface area contributed by atoms with E-state index < -0.39 is 17.7 Å². The highest BCUT2D eigenvalue weighted by Gasteiger charge is 2.21. The third-order valence-electron chi connectivity index (χ3n) is 2.96. The van der Waals surface area contributed by atoms with Crippen LogP contribution in [0, 0.1) is 11.6 Å². The maximum absolute atomic E-state index is 13.9. The Morgan fingerprint density at radius 3 is 2.55 bits per heavy atom. The lowest BCUT2D eigenvalue weighted by Gasteiger charge is -2.18. The number of rotatable bonds is 5. The van der Waals surface area contributed by atoms with Crippen molar-refractivity contribution in [1.82, 2.24) is 10.3 Å². The fraction of sp³-hybridized carbons (Fsp3) is 0.267. The predicted octanol–water partition coefficient (Wildman–Crippen LogP) is 3.07. The molecule has 0 radical (unpaired) electrons. The van der Waals surface area contributed by atoms with Gasteiger partial charge in [0.2, 0.25) is 0 Å². The van der Waals surface area contributed by atoms with Crippen LogP contribution in [0.2, 0.25) is 0 Å². The Morgan fingerprint density at radius 1 is 1.25 bits per heavy atom. The SMILES string of the molecule is CCOc1cncc(C(NC)c2c(F)cccc2F)c1. The van der Waals surface area contributed by atoms with Gasteiger partial charge in [-0.05, 0) is 37.7 Å². The first-order valence-corrected chi connectivity index (χ1v) is 6.36. The quantitative estimate of drug-likeness (QED) is 0.912. The smallest absolute Gasteiger partial charge is 0.137 e. The summed E-state index contributed by atoms with van der Waals surface area (Å²) in [5.74, 6) is -0.612. The van der Waals surface area contributed by atoms with Crippen molar-refractivity contribution in [2.45, 2.75) is 13.0 Å². The summed E-state index contributed by atoms with van der Waals surface area (Å²) in [6.07, 6.45) is 3.13. The van der Waals surface area contributed by atoms with E-state index in [0.29, 0.717) is 17.9 Å². The molecule has 20 heavy (non-hydrogen) atoms. The largest absolute Gasteiger partial charge is 0.492 e. The maximum atomic E-state index is 13.9. The van der Waals surface area contributed by atoms with Crippen LogP contribution < -0.4 is 10.1 Å². The highest BCUT2D eigenvalue weighted by atomic mass is 19.1. The van der Waals surface area contributed by atoms with Gasteiger partial charge >= 0.3 is 0 Å². The Balaban J connectivity index is 2.44. The van der Waals surface area contributed by atoms with E-state index in [-0.39, 0.29) is 5.56 Å². The second-order valence-electron chi connectivity index (χ2n) is 4.24. The van der Waals surface area contributed by atoms with Crippen molar-refractivity contribution in [1.29, 1.82) is 0 Å². The number of benzene rings is 1. The molecule has 1 aromatic heterocycles. The zero-order chi connectivity index (χ0) is 14.5. The lowest BCUT2D eigenvalue weighted by Crippen LogP contribution is -2.20. The normalized spacial score (nSPS) is 12.2. The van der Waals surface area contributed by atoms with Gasteiger partial charge in [-0.3, -0.25) is 4.98 Å². The molecule has 0 aliphatic heterocycles. The molecule has 2 aromatic rings. The highest BCUT2D eigenvalue weighted by molar-refractivity contribution is 5.35. The fourth-order valence-corrected chi connectivity index (χ4v) is 2.10. The van der Waals surface area contributed by atoms with Crippen LogP contribution >= 0.6 is 0 Å². The van der Waals surface area contributed by atoms with E-state index in [1.165, 1.54) is 18.2 Å². The number of nitrogens with one attached hydrogen (secondary N) is 1. The predicted molar refractivity (Wildman–Crippen MR) is 72.7 cm³/mol. The number of hydrogen-bond donors (Lipinski definition) is 1. The molecular formula is C15H16F2N2O. The molecule has 0 fully saturated rings. The van der Waals surface area contributed by atoms with Gasteiger partial charge < -0.3 is 10.1 Å². The van der Waals surface area contributed by atoms with Crippen LogP contribution in [0.3, 0.4) is 0 Å². The van der Waals surface area contributed by atoms with Crippen LogP contribution in [0.1, 0.15) is 24.1 Å². The fourth-order valence-electron chi connectivity index (χ4n) is 2.10. The second-order valence-corrected chi connectivity index (χ2v) is 4.24. The molecular weight excluding hydrogens is 262 g/mol. The van der Waals surface area contributed by atoms with Crippen LogP contribution in [0.4, 0.5) is 8.78 Å². The number of ether oxygens (including phenoxy) is 1. The summed E-state index contributed by atoms with van der Waals surface area (Å²) in [5, 5.41) is 2.91. The van der Waals surface area contributed by atoms with Crippen LogP contribution in [0.15, 0.2) is 36.7 Å². The molecule has 5 heteroatoms. The molecule has 0 saturated heterocycles. The number of aromatic nitrogens is 1. The van der Waals surface area contributed by atoms with Gasteiger partial charge in [0.05, 0.1) is 18.8 Å². The van der Waals surface area contributed by atoms with Crippen molar-refractivity contribution in [3.63, 3.8) is 0 Å². The minimum atomic E-state index is -0.621. The van der Waals surface area contributed by atoms with E-state index in [2.05, 4.69) is 10.3 Å². The summed E-state index contributed by atoms with van der Waals surface area (Å²) in [7, 11) is 1.64. The van der Waals surface area contributed by atoms with E-state index in [4.69, 9.17) is 4.74 Å². The molecule has 106 valence electrons. The average molecular weight is 278 g/mol. The van der Waals surface area contributed by atoms with E-state index in [1.54, 1.807) is 25.5 Å². The summed E-state index contributed by atoms with van der Waals surface area (Å²) >= 11 is 0. The molecule has 0 spiro atoms. The lowest BCUT2D eigenvalue weighted by atomic mass is 9.99. The Labute approximate surface area is 116 Å². The standard InChI is InChI=1S/C15H16F2N2O/c1-3-20-11-7-10(8-19-9-11)15(18-2)14-12(16)5-4-6-13(14)17/h4-9,15,18H,3H2,1-2H3. The van der Waals surface area contributed by atoms with Gasteiger partial charge in [0.25, 0.3) is 0 Å². The summed E-state index contributed by atoms with van der Waals surface area (Å²) in [6, 6.07) is 4.92. The van der Waals surface area contributed by atoms with Gasteiger partial charge in [0.1, 0.15) is 17.4 Å². The topological polar surface area (TPSA) is 34.1 Å². The molecule has 0 amide bonds. The molecule has 1 unspecified atom stereocenters. The first-order chi connectivity index (χ1) is 9.67. The second kappa shape index (κ2) is 6.43. The van der Waals surface area contributed by atoms with E-state index in [1.807, 2.05) is 6.92 Å². The molecule has 1 atom stereocenters. The Kier molecular flexibility index (Phi) is 4.63. The molecule has 0 aliphatic carbocycles. The third-order valence-corrected chi connectivity index (χ3v) is 2.96. The van der Waals surface area contributed by atoms with Crippen molar-refractivity contribution in [2.75, 3.05) is 13.7 Å². The Morgan fingerprint density at radius 2 is 1.95 bits per heavy atom. The van der Waals surface area contributed by atoms with Crippen LogP contribution in [-0.4, -0.2) is 18.6 Å². The first-order valence-electron chi connectivity index (χ1n) is 6.36. The van der Waals surface area contributed by atoms with Gasteiger partial charge in [0.15, 0.2) is 0 Å². The Bertz CT molecular complexity index is 570. The molecule has 3 nitrogen and oxygen atoms in total. The van der Waals surface area contributed by atoms with Gasteiger partial charge in [-0.15, -0.1) is 0 Å². The molecule has 1 N–H and O–H groups in total. The Hall–Kier alpha value is -2.01. The molecule has 0 bridgehead atoms. The number of nitrogens with zero attached hydrogens (tertiary/aromatic N) is 1. The van der Waals surface area contributed by atoms with Crippen LogP contribution in [-0.2, 0) is 0 Å². The van der Waals surface area contributed by atoms with Gasteiger partial charge in [-0.25, -0.2) is 8.78 Å². The first kappa shape index (κ1) is 14.4. The highest BCUT2D eigenvalue weighted by Crippen LogP contribution is 2.28. The van der Waals surface area contributed by atoms with Crippen molar-refractivity contribution < 1.29 is 13.5 Å². The average Bonchev–Trinajstić information content (AvgIpc) is 2.44. The van der Waals surface area contributed by atoms with Crippen molar-refractivity contribution in [3.05, 3.63) is 59.4 Å². The number of halogens is 2. The van der Waals surface area contributed by atoms with Gasteiger partial charge in [0, 0.05) is 11.8 Å². The minimum Gasteiger partial charge on any atom is -0.492 e. The molecule has 2 rings (SSSR count). The summed E-state index contributed by atoms with van der Waals surface area (Å²) in [6.45, 7) is 2.36. The zero-order valence-corrected chi connectivity index (χ0v) is 11.4.